The molecule has 0 saturated carbocycles. The average Bonchev–Trinajstić information content (AvgIpc) is 2.35. The van der Waals surface area contributed by atoms with Crippen LogP contribution < -0.4 is 5.69 Å². The van der Waals surface area contributed by atoms with Crippen molar-refractivity contribution in [3.05, 3.63) is 16.8 Å². The number of aromatic amines is 1. The maximum absolute atomic E-state index is 11.1. The van der Waals surface area contributed by atoms with E-state index in [1.807, 2.05) is 0 Å². The van der Waals surface area contributed by atoms with Crippen molar-refractivity contribution >= 4 is 5.97 Å². The maximum Gasteiger partial charge on any atom is 0.343 e. The Labute approximate surface area is 74.2 Å². The molecule has 1 atom stereocenters. The van der Waals surface area contributed by atoms with Gasteiger partial charge in [-0.15, -0.1) is 0 Å². The van der Waals surface area contributed by atoms with Crippen LogP contribution in [0.15, 0.2) is 11.1 Å². The van der Waals surface area contributed by atoms with Crippen LogP contribution in [-0.4, -0.2) is 25.8 Å². The number of hydrogen-bond donors (Lipinski definition) is 2. The lowest BCUT2D eigenvalue weighted by atomic mass is 10.1. The standard InChI is InChI=1S/C7H11N3O3/c1-4(2)5(6(11)12)10-3-8-9-7(10)13/h3-5H,1-2H3,(H,9,13)(H,11,12). The van der Waals surface area contributed by atoms with Crippen LogP contribution in [0.3, 0.4) is 0 Å². The van der Waals surface area contributed by atoms with Gasteiger partial charge in [-0.25, -0.2) is 14.7 Å². The normalized spacial score (nSPS) is 13.2. The van der Waals surface area contributed by atoms with E-state index < -0.39 is 17.7 Å². The van der Waals surface area contributed by atoms with E-state index in [0.717, 1.165) is 4.57 Å². The topological polar surface area (TPSA) is 88.0 Å². The molecule has 13 heavy (non-hydrogen) atoms. The van der Waals surface area contributed by atoms with E-state index in [2.05, 4.69) is 10.2 Å². The Hall–Kier alpha value is -1.59. The molecule has 1 aromatic rings. The average molecular weight is 185 g/mol. The molecule has 6 nitrogen and oxygen atoms in total. The molecule has 1 rings (SSSR count). The molecule has 2 N–H and O–H groups in total. The zero-order valence-electron chi connectivity index (χ0n) is 7.39. The number of aromatic nitrogens is 3. The molecular formula is C7H11N3O3. The van der Waals surface area contributed by atoms with Crippen molar-refractivity contribution in [3.63, 3.8) is 0 Å². The van der Waals surface area contributed by atoms with E-state index in [1.54, 1.807) is 13.8 Å². The summed E-state index contributed by atoms with van der Waals surface area (Å²) in [5.74, 6) is -1.19. The lowest BCUT2D eigenvalue weighted by molar-refractivity contribution is -0.142. The molecule has 1 unspecified atom stereocenters. The fraction of sp³-hybridized carbons (Fsp3) is 0.571. The Morgan fingerprint density at radius 1 is 1.69 bits per heavy atom. The summed E-state index contributed by atoms with van der Waals surface area (Å²) in [7, 11) is 0. The largest absolute Gasteiger partial charge is 0.480 e. The van der Waals surface area contributed by atoms with Gasteiger partial charge in [0.25, 0.3) is 0 Å². The highest BCUT2D eigenvalue weighted by Gasteiger charge is 2.24. The second-order valence-electron chi connectivity index (χ2n) is 3.10. The Kier molecular flexibility index (Phi) is 2.50. The summed E-state index contributed by atoms with van der Waals surface area (Å²) in [6.07, 6.45) is 1.20. The van der Waals surface area contributed by atoms with Gasteiger partial charge in [0.05, 0.1) is 0 Å². The van der Waals surface area contributed by atoms with Gasteiger partial charge in [-0.2, -0.15) is 5.10 Å². The van der Waals surface area contributed by atoms with Gasteiger partial charge in [0.1, 0.15) is 12.4 Å². The minimum Gasteiger partial charge on any atom is -0.480 e. The minimum absolute atomic E-state index is 0.159. The van der Waals surface area contributed by atoms with Crippen molar-refractivity contribution in [2.75, 3.05) is 0 Å². The third-order valence-electron chi connectivity index (χ3n) is 1.76. The molecule has 6 heteroatoms. The first-order valence-corrected chi connectivity index (χ1v) is 3.88. The zero-order chi connectivity index (χ0) is 10.0. The molecule has 0 amide bonds. The van der Waals surface area contributed by atoms with Crippen LogP contribution in [0, 0.1) is 5.92 Å². The Bertz CT molecular complexity index is 352. The van der Waals surface area contributed by atoms with Crippen LogP contribution in [0.1, 0.15) is 19.9 Å². The number of carboxylic acids is 1. The number of rotatable bonds is 3. The Morgan fingerprint density at radius 2 is 2.31 bits per heavy atom. The minimum atomic E-state index is -1.03. The van der Waals surface area contributed by atoms with E-state index in [0.29, 0.717) is 0 Å². The van der Waals surface area contributed by atoms with Crippen molar-refractivity contribution < 1.29 is 9.90 Å². The highest BCUT2D eigenvalue weighted by molar-refractivity contribution is 5.72. The molecule has 0 radical (unpaired) electrons. The van der Waals surface area contributed by atoms with Gasteiger partial charge in [-0.05, 0) is 5.92 Å². The first kappa shape index (κ1) is 9.50. The summed E-state index contributed by atoms with van der Waals surface area (Å²) in [6, 6.07) is -0.855. The first-order valence-electron chi connectivity index (χ1n) is 3.88. The lowest BCUT2D eigenvalue weighted by Gasteiger charge is -2.15. The molecule has 0 spiro atoms. The van der Waals surface area contributed by atoms with Crippen LogP contribution in [0.2, 0.25) is 0 Å². The van der Waals surface area contributed by atoms with Crippen LogP contribution in [-0.2, 0) is 4.79 Å². The molecule has 72 valence electrons. The number of nitrogens with one attached hydrogen (secondary N) is 1. The van der Waals surface area contributed by atoms with Gasteiger partial charge in [0.15, 0.2) is 0 Å². The number of H-pyrrole nitrogens is 1. The van der Waals surface area contributed by atoms with Gasteiger partial charge < -0.3 is 5.11 Å². The molecule has 1 aromatic heterocycles. The number of carbonyl (C=O) groups is 1. The van der Waals surface area contributed by atoms with Crippen LogP contribution in [0.5, 0.6) is 0 Å². The van der Waals surface area contributed by atoms with Gasteiger partial charge in [0.2, 0.25) is 0 Å². The smallest absolute Gasteiger partial charge is 0.343 e. The summed E-state index contributed by atoms with van der Waals surface area (Å²) >= 11 is 0. The molecule has 0 saturated heterocycles. The molecule has 0 aliphatic rings. The van der Waals surface area contributed by atoms with Gasteiger partial charge in [-0.3, -0.25) is 4.57 Å². The summed E-state index contributed by atoms with van der Waals surface area (Å²) in [5.41, 5.74) is -0.499. The third-order valence-corrected chi connectivity index (χ3v) is 1.76. The fourth-order valence-electron chi connectivity index (χ4n) is 1.18. The number of carboxylic acid groups (broad SMARTS) is 1. The zero-order valence-corrected chi connectivity index (χ0v) is 7.39. The predicted molar refractivity (Wildman–Crippen MR) is 44.4 cm³/mol. The monoisotopic (exact) mass is 185 g/mol. The molecule has 1 heterocycles. The second kappa shape index (κ2) is 3.42. The summed E-state index contributed by atoms with van der Waals surface area (Å²) < 4.78 is 1.08. The van der Waals surface area contributed by atoms with E-state index in [-0.39, 0.29) is 5.92 Å². The number of hydrogen-bond acceptors (Lipinski definition) is 3. The second-order valence-corrected chi connectivity index (χ2v) is 3.10. The van der Waals surface area contributed by atoms with Crippen LogP contribution >= 0.6 is 0 Å². The van der Waals surface area contributed by atoms with E-state index >= 15 is 0 Å². The van der Waals surface area contributed by atoms with Crippen molar-refractivity contribution in [2.45, 2.75) is 19.9 Å². The quantitative estimate of drug-likeness (QED) is 0.685. The van der Waals surface area contributed by atoms with Crippen molar-refractivity contribution in [1.29, 1.82) is 0 Å². The molecule has 0 aromatic carbocycles. The SMILES string of the molecule is CC(C)C(C(=O)O)n1cn[nH]c1=O. The molecule has 0 aliphatic heterocycles. The van der Waals surface area contributed by atoms with E-state index in [1.165, 1.54) is 6.33 Å². The van der Waals surface area contributed by atoms with E-state index in [4.69, 9.17) is 5.11 Å². The fourth-order valence-corrected chi connectivity index (χ4v) is 1.18. The number of nitrogens with zero attached hydrogens (tertiary/aromatic N) is 2. The molecule has 0 aliphatic carbocycles. The number of aliphatic carboxylic acids is 1. The van der Waals surface area contributed by atoms with Gasteiger partial charge >= 0.3 is 11.7 Å². The first-order chi connectivity index (χ1) is 6.04. The molecular weight excluding hydrogens is 174 g/mol. The summed E-state index contributed by atoms with van der Waals surface area (Å²) in [4.78, 5) is 21.8. The van der Waals surface area contributed by atoms with Crippen LogP contribution in [0.4, 0.5) is 0 Å². The maximum atomic E-state index is 11.1. The van der Waals surface area contributed by atoms with Crippen LogP contribution in [0.25, 0.3) is 0 Å². The van der Waals surface area contributed by atoms with Crippen molar-refractivity contribution in [3.8, 4) is 0 Å². The Morgan fingerprint density at radius 3 is 2.62 bits per heavy atom. The van der Waals surface area contributed by atoms with E-state index in [9.17, 15) is 9.59 Å². The third kappa shape index (κ3) is 1.77. The highest BCUT2D eigenvalue weighted by Crippen LogP contribution is 2.14. The van der Waals surface area contributed by atoms with Gasteiger partial charge in [0, 0.05) is 0 Å². The Balaban J connectivity index is 3.10. The molecule has 0 bridgehead atoms. The molecule has 0 fully saturated rings. The van der Waals surface area contributed by atoms with Crippen molar-refractivity contribution in [1.82, 2.24) is 14.8 Å². The summed E-state index contributed by atoms with van der Waals surface area (Å²) in [6.45, 7) is 3.47. The summed E-state index contributed by atoms with van der Waals surface area (Å²) in [5, 5.41) is 14.5. The van der Waals surface area contributed by atoms with Crippen molar-refractivity contribution in [2.24, 2.45) is 5.92 Å². The predicted octanol–water partition coefficient (Wildman–Crippen LogP) is -0.147. The van der Waals surface area contributed by atoms with Gasteiger partial charge in [-0.1, -0.05) is 13.8 Å². The highest BCUT2D eigenvalue weighted by atomic mass is 16.4. The lowest BCUT2D eigenvalue weighted by Crippen LogP contribution is -2.31.